The minimum Gasteiger partial charge on any atom is -0.398 e. The van der Waals surface area contributed by atoms with E-state index in [9.17, 15) is 4.79 Å². The fourth-order valence-electron chi connectivity index (χ4n) is 2.05. The summed E-state index contributed by atoms with van der Waals surface area (Å²) in [6.45, 7) is 0. The summed E-state index contributed by atoms with van der Waals surface area (Å²) in [6, 6.07) is 15.7. The highest BCUT2D eigenvalue weighted by Gasteiger charge is 2.16. The lowest BCUT2D eigenvalue weighted by atomic mass is 10.1. The highest BCUT2D eigenvalue weighted by molar-refractivity contribution is 6.10. The molecule has 3 rings (SSSR count). The zero-order chi connectivity index (χ0) is 15.5. The van der Waals surface area contributed by atoms with Crippen LogP contribution in [0.25, 0.3) is 5.69 Å². The van der Waals surface area contributed by atoms with Crippen LogP contribution in [0.5, 0.6) is 0 Å². The van der Waals surface area contributed by atoms with Crippen LogP contribution in [0, 0.1) is 11.3 Å². The molecule has 0 radical (unpaired) electrons. The molecule has 6 nitrogen and oxygen atoms in total. The number of ketones is 1. The van der Waals surface area contributed by atoms with Gasteiger partial charge in [-0.25, -0.2) is 4.68 Å². The van der Waals surface area contributed by atoms with E-state index in [4.69, 9.17) is 11.0 Å². The average molecular weight is 289 g/mol. The molecule has 0 saturated carbocycles. The van der Waals surface area contributed by atoms with Crippen LogP contribution < -0.4 is 5.73 Å². The SMILES string of the molecule is N#Cc1cccc(-n2cc(C(=O)c3ccccc3N)nn2)c1. The molecule has 0 unspecified atom stereocenters. The first kappa shape index (κ1) is 13.5. The van der Waals surface area contributed by atoms with Crippen LogP contribution in [0.15, 0.2) is 54.7 Å². The molecule has 0 spiro atoms. The van der Waals surface area contributed by atoms with Crippen molar-refractivity contribution < 1.29 is 4.79 Å². The van der Waals surface area contributed by atoms with Gasteiger partial charge in [-0.2, -0.15) is 5.26 Å². The smallest absolute Gasteiger partial charge is 0.216 e. The van der Waals surface area contributed by atoms with Crippen molar-refractivity contribution in [3.63, 3.8) is 0 Å². The predicted octanol–water partition coefficient (Wildman–Crippen LogP) is 1.95. The number of rotatable bonds is 3. The van der Waals surface area contributed by atoms with Gasteiger partial charge < -0.3 is 5.73 Å². The van der Waals surface area contributed by atoms with Crippen LogP contribution in [-0.2, 0) is 0 Å². The molecule has 6 heteroatoms. The first-order valence-corrected chi connectivity index (χ1v) is 6.51. The second-order valence-corrected chi connectivity index (χ2v) is 4.63. The Morgan fingerprint density at radius 2 is 2.00 bits per heavy atom. The Morgan fingerprint density at radius 1 is 1.18 bits per heavy atom. The van der Waals surface area contributed by atoms with E-state index in [2.05, 4.69) is 16.4 Å². The fourth-order valence-corrected chi connectivity index (χ4v) is 2.05. The highest BCUT2D eigenvalue weighted by atomic mass is 16.1. The number of hydrogen-bond acceptors (Lipinski definition) is 5. The predicted molar refractivity (Wildman–Crippen MR) is 80.4 cm³/mol. The molecule has 0 aliphatic carbocycles. The number of hydrogen-bond donors (Lipinski definition) is 1. The first-order valence-electron chi connectivity index (χ1n) is 6.51. The van der Waals surface area contributed by atoms with Gasteiger partial charge in [0.2, 0.25) is 5.78 Å². The Hall–Kier alpha value is -3.46. The number of nitriles is 1. The van der Waals surface area contributed by atoms with Crippen molar-refractivity contribution >= 4 is 11.5 Å². The molecular weight excluding hydrogens is 278 g/mol. The normalized spacial score (nSPS) is 10.1. The summed E-state index contributed by atoms with van der Waals surface area (Å²) in [5, 5.41) is 16.7. The van der Waals surface area contributed by atoms with Crippen LogP contribution >= 0.6 is 0 Å². The minimum atomic E-state index is -0.291. The van der Waals surface area contributed by atoms with E-state index in [1.54, 1.807) is 48.5 Å². The van der Waals surface area contributed by atoms with Gasteiger partial charge in [0, 0.05) is 11.3 Å². The molecule has 1 aromatic heterocycles. The van der Waals surface area contributed by atoms with Gasteiger partial charge in [0.1, 0.15) is 0 Å². The monoisotopic (exact) mass is 289 g/mol. The third kappa shape index (κ3) is 2.43. The van der Waals surface area contributed by atoms with Gasteiger partial charge in [0.25, 0.3) is 0 Å². The molecular formula is C16H11N5O. The summed E-state index contributed by atoms with van der Waals surface area (Å²) in [7, 11) is 0. The number of aromatic nitrogens is 3. The number of nitrogens with zero attached hydrogens (tertiary/aromatic N) is 4. The van der Waals surface area contributed by atoms with E-state index in [0.29, 0.717) is 22.5 Å². The third-order valence-electron chi connectivity index (χ3n) is 3.17. The Bertz CT molecular complexity index is 891. The van der Waals surface area contributed by atoms with Crippen LogP contribution in [0.3, 0.4) is 0 Å². The summed E-state index contributed by atoms with van der Waals surface area (Å²) < 4.78 is 1.45. The molecule has 2 aromatic carbocycles. The molecule has 0 atom stereocenters. The topological polar surface area (TPSA) is 97.6 Å². The number of nitrogens with two attached hydrogens (primary N) is 1. The quantitative estimate of drug-likeness (QED) is 0.587. The maximum atomic E-state index is 12.4. The molecule has 0 saturated heterocycles. The van der Waals surface area contributed by atoms with Crippen LogP contribution in [0.4, 0.5) is 5.69 Å². The standard InChI is InChI=1S/C16H11N5O/c17-9-11-4-3-5-12(8-11)21-10-15(19-20-21)16(22)13-6-1-2-7-14(13)18/h1-8,10H,18H2. The Labute approximate surface area is 126 Å². The maximum absolute atomic E-state index is 12.4. The summed E-state index contributed by atoms with van der Waals surface area (Å²) in [4.78, 5) is 12.4. The van der Waals surface area contributed by atoms with E-state index < -0.39 is 0 Å². The molecule has 0 aliphatic heterocycles. The van der Waals surface area contributed by atoms with E-state index in [-0.39, 0.29) is 11.5 Å². The summed E-state index contributed by atoms with van der Waals surface area (Å²) in [5.41, 5.74) is 7.95. The van der Waals surface area contributed by atoms with Crippen molar-refractivity contribution in [3.8, 4) is 11.8 Å². The number of anilines is 1. The Balaban J connectivity index is 1.96. The Kier molecular flexibility index (Phi) is 3.38. The highest BCUT2D eigenvalue weighted by Crippen LogP contribution is 2.16. The number of nitrogen functional groups attached to an aromatic ring is 1. The lowest BCUT2D eigenvalue weighted by Crippen LogP contribution is -2.05. The van der Waals surface area contributed by atoms with Gasteiger partial charge in [-0.15, -0.1) is 5.10 Å². The molecule has 2 N–H and O–H groups in total. The van der Waals surface area contributed by atoms with Crippen molar-refractivity contribution in [1.82, 2.24) is 15.0 Å². The summed E-state index contributed by atoms with van der Waals surface area (Å²) >= 11 is 0. The van der Waals surface area contributed by atoms with E-state index in [1.807, 2.05) is 0 Å². The number of para-hydroxylation sites is 1. The fraction of sp³-hybridized carbons (Fsp3) is 0. The van der Waals surface area contributed by atoms with Crippen molar-refractivity contribution in [3.05, 3.63) is 71.5 Å². The van der Waals surface area contributed by atoms with Crippen LogP contribution in [0.2, 0.25) is 0 Å². The molecule has 0 fully saturated rings. The Morgan fingerprint density at radius 3 is 2.77 bits per heavy atom. The summed E-state index contributed by atoms with van der Waals surface area (Å²) in [6.07, 6.45) is 1.52. The maximum Gasteiger partial charge on any atom is 0.216 e. The molecule has 1 heterocycles. The van der Waals surface area contributed by atoms with E-state index >= 15 is 0 Å². The lowest BCUT2D eigenvalue weighted by molar-refractivity contribution is 0.103. The molecule has 0 amide bonds. The van der Waals surface area contributed by atoms with Gasteiger partial charge in [0.05, 0.1) is 23.5 Å². The largest absolute Gasteiger partial charge is 0.398 e. The van der Waals surface area contributed by atoms with Crippen molar-refractivity contribution in [2.45, 2.75) is 0 Å². The molecule has 3 aromatic rings. The first-order chi connectivity index (χ1) is 10.7. The third-order valence-corrected chi connectivity index (χ3v) is 3.17. The number of benzene rings is 2. The van der Waals surface area contributed by atoms with Crippen molar-refractivity contribution in [2.24, 2.45) is 0 Å². The number of carbonyl (C=O) groups excluding carboxylic acids is 1. The van der Waals surface area contributed by atoms with Gasteiger partial charge >= 0.3 is 0 Å². The van der Waals surface area contributed by atoms with E-state index in [0.717, 1.165) is 0 Å². The zero-order valence-corrected chi connectivity index (χ0v) is 11.5. The van der Waals surface area contributed by atoms with Crippen molar-refractivity contribution in [1.29, 1.82) is 5.26 Å². The molecule has 106 valence electrons. The second kappa shape index (κ2) is 5.50. The molecule has 22 heavy (non-hydrogen) atoms. The zero-order valence-electron chi connectivity index (χ0n) is 11.5. The average Bonchev–Trinajstić information content (AvgIpc) is 3.05. The second-order valence-electron chi connectivity index (χ2n) is 4.63. The van der Waals surface area contributed by atoms with Gasteiger partial charge in [-0.3, -0.25) is 4.79 Å². The lowest BCUT2D eigenvalue weighted by Gasteiger charge is -2.01. The summed E-state index contributed by atoms with van der Waals surface area (Å²) in [5.74, 6) is -0.291. The van der Waals surface area contributed by atoms with Gasteiger partial charge in [-0.05, 0) is 30.3 Å². The van der Waals surface area contributed by atoms with Crippen LogP contribution in [-0.4, -0.2) is 20.8 Å². The van der Waals surface area contributed by atoms with Crippen molar-refractivity contribution in [2.75, 3.05) is 5.73 Å². The van der Waals surface area contributed by atoms with Crippen LogP contribution in [0.1, 0.15) is 21.6 Å². The molecule has 0 aliphatic rings. The number of carbonyl (C=O) groups is 1. The van der Waals surface area contributed by atoms with Gasteiger partial charge in [0.15, 0.2) is 5.69 Å². The van der Waals surface area contributed by atoms with E-state index in [1.165, 1.54) is 10.9 Å². The van der Waals surface area contributed by atoms with Gasteiger partial charge in [-0.1, -0.05) is 23.4 Å². The minimum absolute atomic E-state index is 0.195. The molecule has 0 bridgehead atoms.